The minimum atomic E-state index is -4.40. The van der Waals surface area contributed by atoms with Crippen molar-refractivity contribution in [1.29, 1.82) is 0 Å². The van der Waals surface area contributed by atoms with Crippen molar-refractivity contribution in [2.45, 2.75) is 52.3 Å². The predicted molar refractivity (Wildman–Crippen MR) is 124 cm³/mol. The molecule has 1 aromatic heterocycles. The molecule has 3 aliphatic rings. The number of aromatic nitrogens is 1. The monoisotopic (exact) mass is 486 g/mol. The Kier molecular flexibility index (Phi) is 8.81. The lowest BCUT2D eigenvalue weighted by molar-refractivity contribution is -0.145. The summed E-state index contributed by atoms with van der Waals surface area (Å²) in [5.41, 5.74) is 5.34. The Morgan fingerprint density at radius 1 is 1.12 bits per heavy atom. The molecule has 2 atom stereocenters. The Labute approximate surface area is 199 Å². The number of carbonyl (C=O) groups is 1. The molecule has 1 saturated carbocycles. The second-order valence-electron chi connectivity index (χ2n) is 9.67. The summed E-state index contributed by atoms with van der Waals surface area (Å²) in [6.07, 6.45) is -2.03. The van der Waals surface area contributed by atoms with Crippen LogP contribution < -0.4 is 10.6 Å². The molecule has 10 heteroatoms. The summed E-state index contributed by atoms with van der Waals surface area (Å²) < 4.78 is 49.2. The average molecular weight is 487 g/mol. The van der Waals surface area contributed by atoms with E-state index in [0.717, 1.165) is 51.4 Å². The number of halogens is 3. The summed E-state index contributed by atoms with van der Waals surface area (Å²) in [7, 11) is 0. The number of anilines is 1. The quantitative estimate of drug-likeness (QED) is 0.707. The highest BCUT2D eigenvalue weighted by Crippen LogP contribution is 2.45. The number of hydrogen-bond donors (Lipinski definition) is 1. The largest absolute Gasteiger partial charge is 0.416 e. The molecule has 2 N–H and O–H groups in total. The van der Waals surface area contributed by atoms with Gasteiger partial charge >= 0.3 is 6.18 Å². The number of ether oxygens (including phenoxy) is 2. The standard InChI is InChI=1S/C20H29F3N4O.C4H8O2/c1-13(2)19(5-4-16(24)12-19)18(28)27-8-6-26(7-9-27)17-11-15(20(21,22)23)10-14(3)25-17;1-2-6-4-3-5-1/h10-11,13,16H,4-9,12,24H2,1-3H3;1-4H2/t16-,19+;/m1./s1. The number of aryl methyl sites for hydroxylation is 1. The lowest BCUT2D eigenvalue weighted by Gasteiger charge is -2.42. The Hall–Kier alpha value is -1.91. The summed E-state index contributed by atoms with van der Waals surface area (Å²) >= 11 is 0. The van der Waals surface area contributed by atoms with Gasteiger partial charge in [0, 0.05) is 37.9 Å². The highest BCUT2D eigenvalue weighted by Gasteiger charge is 2.48. The van der Waals surface area contributed by atoms with Gasteiger partial charge in [-0.25, -0.2) is 4.98 Å². The fourth-order valence-corrected chi connectivity index (χ4v) is 4.95. The van der Waals surface area contributed by atoms with Gasteiger partial charge in [0.25, 0.3) is 0 Å². The number of piperazine rings is 1. The van der Waals surface area contributed by atoms with Crippen molar-refractivity contribution in [2.24, 2.45) is 17.1 Å². The van der Waals surface area contributed by atoms with Crippen molar-refractivity contribution in [3.63, 3.8) is 0 Å². The van der Waals surface area contributed by atoms with Gasteiger partial charge < -0.3 is 25.0 Å². The fourth-order valence-electron chi connectivity index (χ4n) is 4.95. The van der Waals surface area contributed by atoms with Crippen molar-refractivity contribution in [3.05, 3.63) is 23.4 Å². The van der Waals surface area contributed by atoms with Gasteiger partial charge in [0.2, 0.25) is 5.91 Å². The number of pyridine rings is 1. The van der Waals surface area contributed by atoms with E-state index in [4.69, 9.17) is 15.2 Å². The van der Waals surface area contributed by atoms with E-state index in [2.05, 4.69) is 18.8 Å². The summed E-state index contributed by atoms with van der Waals surface area (Å²) in [5, 5.41) is 0. The topological polar surface area (TPSA) is 80.9 Å². The van der Waals surface area contributed by atoms with Crippen LogP contribution in [0.5, 0.6) is 0 Å². The molecule has 0 aromatic carbocycles. The minimum absolute atomic E-state index is 0.0601. The Bertz CT molecular complexity index is 813. The first-order valence-corrected chi connectivity index (χ1v) is 12.0. The van der Waals surface area contributed by atoms with Gasteiger partial charge in [-0.15, -0.1) is 0 Å². The molecule has 0 unspecified atom stereocenters. The molecular formula is C24H37F3N4O3. The summed E-state index contributed by atoms with van der Waals surface area (Å²) in [6.45, 7) is 10.7. The zero-order valence-electron chi connectivity index (χ0n) is 20.4. The second-order valence-corrected chi connectivity index (χ2v) is 9.67. The predicted octanol–water partition coefficient (Wildman–Crippen LogP) is 3.24. The van der Waals surface area contributed by atoms with Crippen LogP contribution >= 0.6 is 0 Å². The summed E-state index contributed by atoms with van der Waals surface area (Å²) in [4.78, 5) is 21.2. The number of amides is 1. The van der Waals surface area contributed by atoms with Crippen LogP contribution in [0.1, 0.15) is 44.4 Å². The smallest absolute Gasteiger partial charge is 0.377 e. The van der Waals surface area contributed by atoms with E-state index < -0.39 is 17.2 Å². The van der Waals surface area contributed by atoms with E-state index >= 15 is 0 Å². The molecule has 1 aliphatic carbocycles. The van der Waals surface area contributed by atoms with Crippen LogP contribution in [0.25, 0.3) is 0 Å². The lowest BCUT2D eigenvalue weighted by atomic mass is 9.74. The minimum Gasteiger partial charge on any atom is -0.377 e. The van der Waals surface area contributed by atoms with E-state index in [1.165, 1.54) is 0 Å². The van der Waals surface area contributed by atoms with Crippen LogP contribution in [-0.4, -0.2) is 74.4 Å². The molecule has 0 bridgehead atoms. The zero-order valence-corrected chi connectivity index (χ0v) is 20.4. The van der Waals surface area contributed by atoms with Crippen molar-refractivity contribution in [2.75, 3.05) is 57.5 Å². The zero-order chi connectivity index (χ0) is 24.9. The van der Waals surface area contributed by atoms with Gasteiger partial charge in [-0.3, -0.25) is 4.79 Å². The third-order valence-corrected chi connectivity index (χ3v) is 7.02. The number of nitrogens with two attached hydrogens (primary N) is 1. The third-order valence-electron chi connectivity index (χ3n) is 7.02. The molecule has 3 fully saturated rings. The lowest BCUT2D eigenvalue weighted by Crippen LogP contribution is -2.54. The van der Waals surface area contributed by atoms with E-state index in [1.807, 2.05) is 9.80 Å². The number of alkyl halides is 3. The van der Waals surface area contributed by atoms with Crippen LogP contribution in [-0.2, 0) is 20.4 Å². The molecule has 2 aliphatic heterocycles. The van der Waals surface area contributed by atoms with Crippen LogP contribution in [0.4, 0.5) is 19.0 Å². The van der Waals surface area contributed by atoms with Crippen molar-refractivity contribution in [3.8, 4) is 0 Å². The second kappa shape index (κ2) is 11.2. The average Bonchev–Trinajstić information content (AvgIpc) is 3.22. The number of nitrogens with zero attached hydrogens (tertiary/aromatic N) is 3. The Balaban J connectivity index is 0.000000469. The number of carbonyl (C=O) groups excluding carboxylic acids is 1. The highest BCUT2D eigenvalue weighted by molar-refractivity contribution is 5.83. The SMILES string of the molecule is C1COCCO1.Cc1cc(C(F)(F)F)cc(N2CCN(C(=O)[C@@]3(C(C)C)CC[C@@H](N)C3)CC2)n1. The van der Waals surface area contributed by atoms with Gasteiger partial charge in [-0.1, -0.05) is 13.8 Å². The Morgan fingerprint density at radius 2 is 1.71 bits per heavy atom. The molecule has 1 amide bonds. The van der Waals surface area contributed by atoms with Gasteiger partial charge in [0.05, 0.1) is 37.4 Å². The first kappa shape index (κ1) is 26.7. The number of hydrogen-bond acceptors (Lipinski definition) is 6. The van der Waals surface area contributed by atoms with E-state index in [-0.39, 0.29) is 17.9 Å². The molecule has 1 aromatic rings. The molecule has 3 heterocycles. The highest BCUT2D eigenvalue weighted by atomic mass is 19.4. The normalized spacial score (nSPS) is 25.8. The van der Waals surface area contributed by atoms with E-state index in [1.54, 1.807) is 6.92 Å². The molecular weight excluding hydrogens is 449 g/mol. The molecule has 0 radical (unpaired) electrons. The molecule has 34 heavy (non-hydrogen) atoms. The maximum absolute atomic E-state index is 13.3. The molecule has 7 nitrogen and oxygen atoms in total. The van der Waals surface area contributed by atoms with Gasteiger partial charge in [-0.05, 0) is 44.2 Å². The molecule has 2 saturated heterocycles. The maximum Gasteiger partial charge on any atom is 0.416 e. The van der Waals surface area contributed by atoms with Crippen LogP contribution in [0.3, 0.4) is 0 Å². The molecule has 192 valence electrons. The van der Waals surface area contributed by atoms with Gasteiger partial charge in [0.1, 0.15) is 5.82 Å². The first-order chi connectivity index (χ1) is 16.0. The van der Waals surface area contributed by atoms with Crippen LogP contribution in [0.2, 0.25) is 0 Å². The van der Waals surface area contributed by atoms with Crippen LogP contribution in [0.15, 0.2) is 12.1 Å². The molecule has 4 rings (SSSR count). The van der Waals surface area contributed by atoms with Crippen LogP contribution in [0, 0.1) is 18.3 Å². The van der Waals surface area contributed by atoms with E-state index in [0.29, 0.717) is 44.1 Å². The first-order valence-electron chi connectivity index (χ1n) is 12.0. The van der Waals surface area contributed by atoms with E-state index in [9.17, 15) is 18.0 Å². The Morgan fingerprint density at radius 3 is 2.15 bits per heavy atom. The molecule has 0 spiro atoms. The summed E-state index contributed by atoms with van der Waals surface area (Å²) in [5.74, 6) is 0.670. The maximum atomic E-state index is 13.3. The number of rotatable bonds is 3. The fraction of sp³-hybridized carbons (Fsp3) is 0.750. The van der Waals surface area contributed by atoms with Gasteiger partial charge in [0.15, 0.2) is 0 Å². The van der Waals surface area contributed by atoms with Gasteiger partial charge in [-0.2, -0.15) is 13.2 Å². The van der Waals surface area contributed by atoms with Crippen molar-refractivity contribution >= 4 is 11.7 Å². The summed E-state index contributed by atoms with van der Waals surface area (Å²) in [6, 6.07) is 2.21. The van der Waals surface area contributed by atoms with Crippen molar-refractivity contribution in [1.82, 2.24) is 9.88 Å². The van der Waals surface area contributed by atoms with Crippen molar-refractivity contribution < 1.29 is 27.4 Å². The third kappa shape index (κ3) is 6.40.